The summed E-state index contributed by atoms with van der Waals surface area (Å²) in [6.07, 6.45) is 0.906. The van der Waals surface area contributed by atoms with Crippen molar-refractivity contribution in [1.82, 2.24) is 9.80 Å². The molecule has 1 aliphatic rings. The van der Waals surface area contributed by atoms with Gasteiger partial charge in [0.05, 0.1) is 11.4 Å². The first-order valence-corrected chi connectivity index (χ1v) is 12.5. The van der Waals surface area contributed by atoms with Gasteiger partial charge in [0.15, 0.2) is 0 Å². The zero-order valence-corrected chi connectivity index (χ0v) is 21.6. The molecule has 0 spiro atoms. The zero-order chi connectivity index (χ0) is 25.7. The fourth-order valence-electron chi connectivity index (χ4n) is 4.42. The van der Waals surface area contributed by atoms with Crippen LogP contribution in [-0.4, -0.2) is 61.1 Å². The van der Waals surface area contributed by atoms with Gasteiger partial charge in [-0.25, -0.2) is 0 Å². The monoisotopic (exact) mass is 502 g/mol. The molecule has 0 saturated heterocycles. The summed E-state index contributed by atoms with van der Waals surface area (Å²) in [6, 6.07) is 22.4. The molecule has 6 nitrogen and oxygen atoms in total. The van der Waals surface area contributed by atoms with E-state index in [4.69, 9.17) is 16.6 Å². The third-order valence-electron chi connectivity index (χ3n) is 6.23. The number of hydrogen-bond acceptors (Lipinski definition) is 4. The smallest absolute Gasteiger partial charge is 0.253 e. The van der Waals surface area contributed by atoms with Crippen molar-refractivity contribution in [3.8, 4) is 0 Å². The molecule has 1 N–H and O–H groups in total. The molecule has 0 fully saturated rings. The number of nitrogens with zero attached hydrogens (tertiary/aromatic N) is 3. The van der Waals surface area contributed by atoms with Gasteiger partial charge in [0.25, 0.3) is 5.91 Å². The van der Waals surface area contributed by atoms with Gasteiger partial charge in [-0.1, -0.05) is 54.1 Å². The summed E-state index contributed by atoms with van der Waals surface area (Å²) in [4.78, 5) is 35.3. The highest BCUT2D eigenvalue weighted by Crippen LogP contribution is 2.37. The van der Waals surface area contributed by atoms with Crippen molar-refractivity contribution in [3.63, 3.8) is 0 Å². The minimum Gasteiger partial charge on any atom is -0.339 e. The topological polar surface area (TPSA) is 65.0 Å². The average Bonchev–Trinajstić information content (AvgIpc) is 3.19. The van der Waals surface area contributed by atoms with Gasteiger partial charge >= 0.3 is 0 Å². The highest BCUT2D eigenvalue weighted by Gasteiger charge is 2.35. The number of carbonyl (C=O) groups is 2. The SMILES string of the molecule is CCN(CCCN(C)C)C(=O)c1cccc(N=C(c2ccccc2)C2C(=O)Nc3cc(Cl)ccc32)c1. The number of fused-ring (bicyclic) bond motifs is 1. The summed E-state index contributed by atoms with van der Waals surface area (Å²) in [6.45, 7) is 4.24. The summed E-state index contributed by atoms with van der Waals surface area (Å²) in [5.41, 5.74) is 4.20. The lowest BCUT2D eigenvalue weighted by atomic mass is 9.90. The van der Waals surface area contributed by atoms with Crippen LogP contribution in [0.25, 0.3) is 0 Å². The van der Waals surface area contributed by atoms with E-state index >= 15 is 0 Å². The van der Waals surface area contributed by atoms with Gasteiger partial charge in [-0.15, -0.1) is 0 Å². The van der Waals surface area contributed by atoms with Crippen LogP contribution in [0, 0.1) is 0 Å². The Balaban J connectivity index is 1.69. The second-order valence-electron chi connectivity index (χ2n) is 9.11. The van der Waals surface area contributed by atoms with Gasteiger partial charge in [0.2, 0.25) is 5.91 Å². The molecule has 1 unspecified atom stereocenters. The maximum atomic E-state index is 13.3. The van der Waals surface area contributed by atoms with Gasteiger partial charge in [-0.2, -0.15) is 0 Å². The lowest BCUT2D eigenvalue weighted by molar-refractivity contribution is -0.115. The normalized spacial score (nSPS) is 15.1. The molecule has 0 radical (unpaired) electrons. The third-order valence-corrected chi connectivity index (χ3v) is 6.47. The summed E-state index contributed by atoms with van der Waals surface area (Å²) >= 11 is 6.16. The van der Waals surface area contributed by atoms with Crippen LogP contribution in [0.15, 0.2) is 77.8 Å². The van der Waals surface area contributed by atoms with Crippen molar-refractivity contribution in [2.75, 3.05) is 39.0 Å². The zero-order valence-electron chi connectivity index (χ0n) is 20.9. The largest absolute Gasteiger partial charge is 0.339 e. The van der Waals surface area contributed by atoms with Crippen LogP contribution in [0.2, 0.25) is 5.02 Å². The van der Waals surface area contributed by atoms with Gasteiger partial charge in [-0.3, -0.25) is 14.6 Å². The molecule has 1 heterocycles. The molecule has 7 heteroatoms. The Morgan fingerprint density at radius 2 is 1.72 bits per heavy atom. The number of amides is 2. The molecule has 36 heavy (non-hydrogen) atoms. The standard InChI is InChI=1S/C29H31ClN4O2/c1-4-34(17-9-16-33(2)3)29(36)21-12-8-13-23(18-21)31-27(20-10-6-5-7-11-20)26-24-15-14-22(30)19-25(24)32-28(26)35/h5-8,10-15,18-19,26H,4,9,16-17H2,1-3H3,(H,32,35). The maximum Gasteiger partial charge on any atom is 0.253 e. The first-order valence-electron chi connectivity index (χ1n) is 12.2. The molecule has 0 bridgehead atoms. The molecule has 186 valence electrons. The van der Waals surface area contributed by atoms with Crippen LogP contribution < -0.4 is 5.32 Å². The quantitative estimate of drug-likeness (QED) is 0.387. The summed E-state index contributed by atoms with van der Waals surface area (Å²) < 4.78 is 0. The summed E-state index contributed by atoms with van der Waals surface area (Å²) in [5, 5.41) is 3.50. The average molecular weight is 503 g/mol. The molecule has 1 atom stereocenters. The van der Waals surface area contributed by atoms with Crippen molar-refractivity contribution >= 4 is 40.5 Å². The van der Waals surface area contributed by atoms with E-state index in [1.165, 1.54) is 0 Å². The Bertz CT molecular complexity index is 1270. The van der Waals surface area contributed by atoms with E-state index in [9.17, 15) is 9.59 Å². The van der Waals surface area contributed by atoms with Gasteiger partial charge in [0.1, 0.15) is 5.92 Å². The first-order chi connectivity index (χ1) is 17.4. The number of aliphatic imine (C=N–C) groups is 1. The van der Waals surface area contributed by atoms with E-state index in [1.54, 1.807) is 18.2 Å². The van der Waals surface area contributed by atoms with Crippen molar-refractivity contribution in [2.45, 2.75) is 19.3 Å². The Hall–Kier alpha value is -3.48. The van der Waals surface area contributed by atoms with E-state index in [1.807, 2.05) is 80.5 Å². The van der Waals surface area contributed by atoms with Crippen molar-refractivity contribution < 1.29 is 9.59 Å². The van der Waals surface area contributed by atoms with Crippen LogP contribution >= 0.6 is 11.6 Å². The van der Waals surface area contributed by atoms with E-state index in [-0.39, 0.29) is 11.8 Å². The van der Waals surface area contributed by atoms with Crippen molar-refractivity contribution in [3.05, 3.63) is 94.5 Å². The fourth-order valence-corrected chi connectivity index (χ4v) is 4.59. The predicted octanol–water partition coefficient (Wildman–Crippen LogP) is 5.61. The molecule has 2 amide bonds. The molecule has 1 aliphatic heterocycles. The van der Waals surface area contributed by atoms with E-state index in [2.05, 4.69) is 10.2 Å². The van der Waals surface area contributed by atoms with Crippen LogP contribution in [0.1, 0.15) is 40.7 Å². The Kier molecular flexibility index (Phi) is 8.18. The van der Waals surface area contributed by atoms with Crippen LogP contribution in [-0.2, 0) is 4.79 Å². The lowest BCUT2D eigenvalue weighted by Crippen LogP contribution is -2.33. The first kappa shape index (κ1) is 25.6. The molecule has 0 aliphatic carbocycles. The van der Waals surface area contributed by atoms with Crippen LogP contribution in [0.5, 0.6) is 0 Å². The van der Waals surface area contributed by atoms with Gasteiger partial charge in [0, 0.05) is 29.4 Å². The minimum absolute atomic E-state index is 0.0202. The summed E-state index contributed by atoms with van der Waals surface area (Å²) in [5.74, 6) is -0.759. The second kappa shape index (κ2) is 11.5. The Morgan fingerprint density at radius 3 is 2.44 bits per heavy atom. The second-order valence-corrected chi connectivity index (χ2v) is 9.55. The van der Waals surface area contributed by atoms with Crippen molar-refractivity contribution in [2.24, 2.45) is 4.99 Å². The molecule has 0 saturated carbocycles. The number of rotatable bonds is 9. The number of anilines is 1. The Morgan fingerprint density at radius 1 is 0.972 bits per heavy atom. The predicted molar refractivity (Wildman–Crippen MR) is 147 cm³/mol. The van der Waals surface area contributed by atoms with Crippen LogP contribution in [0.4, 0.5) is 11.4 Å². The highest BCUT2D eigenvalue weighted by molar-refractivity contribution is 6.31. The number of hydrogen-bond donors (Lipinski definition) is 1. The highest BCUT2D eigenvalue weighted by atomic mass is 35.5. The van der Waals surface area contributed by atoms with E-state index in [0.717, 1.165) is 24.1 Å². The number of nitrogens with one attached hydrogen (secondary N) is 1. The lowest BCUT2D eigenvalue weighted by Gasteiger charge is -2.22. The molecular weight excluding hydrogens is 472 g/mol. The summed E-state index contributed by atoms with van der Waals surface area (Å²) in [7, 11) is 4.06. The number of halogens is 1. The maximum absolute atomic E-state index is 13.3. The number of benzene rings is 3. The van der Waals surface area contributed by atoms with Crippen LogP contribution in [0.3, 0.4) is 0 Å². The molecule has 3 aromatic rings. The molecular formula is C29H31ClN4O2. The number of carbonyl (C=O) groups excluding carboxylic acids is 2. The van der Waals surface area contributed by atoms with Gasteiger partial charge in [-0.05, 0) is 75.4 Å². The molecule has 4 rings (SSSR count). The Labute approximate surface area is 217 Å². The molecule has 0 aromatic heterocycles. The van der Waals surface area contributed by atoms with E-state index < -0.39 is 5.92 Å². The van der Waals surface area contributed by atoms with E-state index in [0.29, 0.717) is 40.8 Å². The minimum atomic E-state index is -0.586. The van der Waals surface area contributed by atoms with Crippen molar-refractivity contribution in [1.29, 1.82) is 0 Å². The van der Waals surface area contributed by atoms with Gasteiger partial charge < -0.3 is 15.1 Å². The third kappa shape index (κ3) is 5.83. The fraction of sp³-hybridized carbons (Fsp3) is 0.276. The molecule has 3 aromatic carbocycles.